The molecule has 0 saturated heterocycles. The highest BCUT2D eigenvalue weighted by Crippen LogP contribution is 2.22. The van der Waals surface area contributed by atoms with Gasteiger partial charge in [0.05, 0.1) is 12.3 Å². The maximum absolute atomic E-state index is 14.1. The standard InChI is InChI=1S/C15H16F2N4O4/c1-4-25-14(23)8(2)19-11-6-12(10(17)5-9(11)16)21-15(24)20(3)13(22)7-18-21/h5-8,19H,4H2,1-3H3/t8-/m0/s1. The number of carbonyl (C=O) groups is 1. The number of nitrogens with zero attached hydrogens (tertiary/aromatic N) is 3. The van der Waals surface area contributed by atoms with Gasteiger partial charge in [-0.1, -0.05) is 0 Å². The van der Waals surface area contributed by atoms with Crippen molar-refractivity contribution in [1.29, 1.82) is 0 Å². The molecular weight excluding hydrogens is 338 g/mol. The lowest BCUT2D eigenvalue weighted by atomic mass is 10.2. The van der Waals surface area contributed by atoms with Gasteiger partial charge in [0, 0.05) is 13.1 Å². The van der Waals surface area contributed by atoms with Crippen LogP contribution in [0, 0.1) is 11.6 Å². The maximum atomic E-state index is 14.1. The molecule has 134 valence electrons. The Labute approximate surface area is 140 Å². The Morgan fingerprint density at radius 3 is 2.64 bits per heavy atom. The van der Waals surface area contributed by atoms with Crippen molar-refractivity contribution in [2.75, 3.05) is 11.9 Å². The van der Waals surface area contributed by atoms with Crippen LogP contribution < -0.4 is 16.6 Å². The van der Waals surface area contributed by atoms with E-state index >= 15 is 0 Å². The third-order valence-electron chi connectivity index (χ3n) is 3.36. The Morgan fingerprint density at radius 2 is 2.00 bits per heavy atom. The second-order valence-electron chi connectivity index (χ2n) is 5.14. The molecule has 1 aromatic carbocycles. The van der Waals surface area contributed by atoms with Gasteiger partial charge in [-0.2, -0.15) is 9.78 Å². The molecule has 0 aliphatic heterocycles. The van der Waals surface area contributed by atoms with Crippen LogP contribution in [0.1, 0.15) is 13.8 Å². The Hall–Kier alpha value is -3.04. The summed E-state index contributed by atoms with van der Waals surface area (Å²) in [6, 6.07) is 0.631. The lowest BCUT2D eigenvalue weighted by molar-refractivity contribution is -0.143. The highest BCUT2D eigenvalue weighted by molar-refractivity contribution is 5.79. The van der Waals surface area contributed by atoms with Crippen LogP contribution in [0.25, 0.3) is 5.69 Å². The maximum Gasteiger partial charge on any atom is 0.352 e. The van der Waals surface area contributed by atoms with Crippen LogP contribution in [0.4, 0.5) is 14.5 Å². The fraction of sp³-hybridized carbons (Fsp3) is 0.333. The topological polar surface area (TPSA) is 95.2 Å². The zero-order valence-corrected chi connectivity index (χ0v) is 13.7. The molecule has 0 spiro atoms. The van der Waals surface area contributed by atoms with Gasteiger partial charge in [0.2, 0.25) is 0 Å². The van der Waals surface area contributed by atoms with E-state index in [1.807, 2.05) is 0 Å². The first-order chi connectivity index (χ1) is 11.8. The fourth-order valence-corrected chi connectivity index (χ4v) is 2.01. The molecule has 0 amide bonds. The first-order valence-corrected chi connectivity index (χ1v) is 7.34. The van der Waals surface area contributed by atoms with E-state index in [4.69, 9.17) is 4.74 Å². The van der Waals surface area contributed by atoms with Crippen molar-refractivity contribution in [3.8, 4) is 5.69 Å². The van der Waals surface area contributed by atoms with E-state index < -0.39 is 34.9 Å². The molecule has 1 N–H and O–H groups in total. The minimum atomic E-state index is -1.06. The summed E-state index contributed by atoms with van der Waals surface area (Å²) in [6.45, 7) is 3.22. The third-order valence-corrected chi connectivity index (χ3v) is 3.36. The van der Waals surface area contributed by atoms with E-state index in [1.165, 1.54) is 14.0 Å². The number of aromatic nitrogens is 3. The fourth-order valence-electron chi connectivity index (χ4n) is 2.01. The van der Waals surface area contributed by atoms with E-state index in [2.05, 4.69) is 10.4 Å². The van der Waals surface area contributed by atoms with E-state index in [0.29, 0.717) is 10.7 Å². The van der Waals surface area contributed by atoms with Gasteiger partial charge < -0.3 is 10.1 Å². The smallest absolute Gasteiger partial charge is 0.352 e. The Bertz CT molecular complexity index is 923. The second kappa shape index (κ2) is 7.24. The third kappa shape index (κ3) is 3.73. The molecule has 0 saturated carbocycles. The molecule has 0 bridgehead atoms. The molecule has 10 heteroatoms. The van der Waals surface area contributed by atoms with Gasteiger partial charge in [-0.3, -0.25) is 9.36 Å². The van der Waals surface area contributed by atoms with Gasteiger partial charge >= 0.3 is 11.7 Å². The molecular formula is C15H16F2N4O4. The van der Waals surface area contributed by atoms with E-state index in [0.717, 1.165) is 16.8 Å². The first kappa shape index (κ1) is 18.3. The van der Waals surface area contributed by atoms with Gasteiger partial charge in [-0.05, 0) is 19.9 Å². The van der Waals surface area contributed by atoms with Crippen LogP contribution in [0.3, 0.4) is 0 Å². The molecule has 1 atom stereocenters. The summed E-state index contributed by atoms with van der Waals surface area (Å²) >= 11 is 0. The number of hydrogen-bond donors (Lipinski definition) is 1. The minimum Gasteiger partial charge on any atom is -0.464 e. The summed E-state index contributed by atoms with van der Waals surface area (Å²) in [6.07, 6.45) is 0.832. The SMILES string of the molecule is CCOC(=O)[C@H](C)Nc1cc(-n2ncc(=O)n(C)c2=O)c(F)cc1F. The normalized spacial score (nSPS) is 11.9. The van der Waals surface area contributed by atoms with Crippen LogP contribution in [0.15, 0.2) is 27.9 Å². The van der Waals surface area contributed by atoms with Crippen LogP contribution in [0.2, 0.25) is 0 Å². The monoisotopic (exact) mass is 354 g/mol. The van der Waals surface area contributed by atoms with Crippen LogP contribution in [-0.4, -0.2) is 33.0 Å². The van der Waals surface area contributed by atoms with Crippen LogP contribution in [-0.2, 0) is 16.6 Å². The molecule has 1 heterocycles. The number of halogens is 2. The molecule has 0 aliphatic carbocycles. The summed E-state index contributed by atoms with van der Waals surface area (Å²) < 4.78 is 34.2. The van der Waals surface area contributed by atoms with Crippen LogP contribution >= 0.6 is 0 Å². The number of anilines is 1. The summed E-state index contributed by atoms with van der Waals surface area (Å²) in [7, 11) is 1.20. The lowest BCUT2D eigenvalue weighted by Gasteiger charge is -2.16. The summed E-state index contributed by atoms with van der Waals surface area (Å²) in [5.41, 5.74) is -2.17. The summed E-state index contributed by atoms with van der Waals surface area (Å²) in [4.78, 5) is 35.1. The van der Waals surface area contributed by atoms with E-state index in [-0.39, 0.29) is 18.0 Å². The zero-order valence-electron chi connectivity index (χ0n) is 13.7. The molecule has 2 aromatic rings. The zero-order chi connectivity index (χ0) is 18.7. The van der Waals surface area contributed by atoms with E-state index in [9.17, 15) is 23.2 Å². The molecule has 0 fully saturated rings. The van der Waals surface area contributed by atoms with Crippen molar-refractivity contribution >= 4 is 11.7 Å². The Morgan fingerprint density at radius 1 is 1.32 bits per heavy atom. The van der Waals surface area contributed by atoms with Crippen molar-refractivity contribution in [2.45, 2.75) is 19.9 Å². The molecule has 0 aliphatic rings. The summed E-state index contributed by atoms with van der Waals surface area (Å²) in [5, 5.41) is 6.12. The minimum absolute atomic E-state index is 0.152. The van der Waals surface area contributed by atoms with Gasteiger partial charge in [0.1, 0.15) is 23.7 Å². The average Bonchev–Trinajstić information content (AvgIpc) is 2.56. The Kier molecular flexibility index (Phi) is 5.30. The number of esters is 1. The van der Waals surface area contributed by atoms with Crippen LogP contribution in [0.5, 0.6) is 0 Å². The lowest BCUT2D eigenvalue weighted by Crippen LogP contribution is -2.38. The molecule has 0 radical (unpaired) electrons. The van der Waals surface area contributed by atoms with Crippen molar-refractivity contribution in [3.63, 3.8) is 0 Å². The predicted octanol–water partition coefficient (Wildman–Crippen LogP) is 0.573. The molecule has 1 aromatic heterocycles. The second-order valence-corrected chi connectivity index (χ2v) is 5.14. The van der Waals surface area contributed by atoms with Crippen molar-refractivity contribution in [2.24, 2.45) is 7.05 Å². The number of rotatable bonds is 5. The van der Waals surface area contributed by atoms with Crippen molar-refractivity contribution in [3.05, 3.63) is 50.8 Å². The molecule has 8 nitrogen and oxygen atoms in total. The number of nitrogens with one attached hydrogen (secondary N) is 1. The molecule has 2 rings (SSSR count). The van der Waals surface area contributed by atoms with Crippen molar-refractivity contribution in [1.82, 2.24) is 14.3 Å². The van der Waals surface area contributed by atoms with Gasteiger partial charge in [-0.25, -0.2) is 18.4 Å². The molecule has 0 unspecified atom stereocenters. The van der Waals surface area contributed by atoms with Gasteiger partial charge in [0.25, 0.3) is 5.56 Å². The van der Waals surface area contributed by atoms with Crippen molar-refractivity contribution < 1.29 is 18.3 Å². The number of hydrogen-bond acceptors (Lipinski definition) is 6. The number of ether oxygens (including phenoxy) is 1. The summed E-state index contributed by atoms with van der Waals surface area (Å²) in [5.74, 6) is -2.64. The number of carbonyl (C=O) groups excluding carboxylic acids is 1. The number of benzene rings is 1. The average molecular weight is 354 g/mol. The van der Waals surface area contributed by atoms with Gasteiger partial charge in [0.15, 0.2) is 5.82 Å². The predicted molar refractivity (Wildman–Crippen MR) is 84.7 cm³/mol. The van der Waals surface area contributed by atoms with Gasteiger partial charge in [-0.15, -0.1) is 0 Å². The highest BCUT2D eigenvalue weighted by Gasteiger charge is 2.19. The quantitative estimate of drug-likeness (QED) is 0.789. The Balaban J connectivity index is 2.49. The molecule has 25 heavy (non-hydrogen) atoms. The first-order valence-electron chi connectivity index (χ1n) is 7.34. The highest BCUT2D eigenvalue weighted by atomic mass is 19.1. The largest absolute Gasteiger partial charge is 0.464 e. The van der Waals surface area contributed by atoms with E-state index in [1.54, 1.807) is 6.92 Å².